The zero-order chi connectivity index (χ0) is 16.6. The molecule has 1 aliphatic heterocycles. The molecule has 126 valence electrons. The standard InChI is InChI=1S/C17H24N2O3S/c1-18(2)17(20)16-8-5-11-19(16)23(21,22)15-10-9-13-6-3-4-7-14(13)12-15/h9-10,12,16H,3-8,11H2,1-2H3/t16-/m0/s1. The first kappa shape index (κ1) is 16.5. The first-order valence-electron chi connectivity index (χ1n) is 8.26. The SMILES string of the molecule is CN(C)C(=O)[C@@H]1CCCN1S(=O)(=O)c1ccc2c(c1)CCCC2. The summed E-state index contributed by atoms with van der Waals surface area (Å²) in [7, 11) is -0.272. The number of aryl methyl sites for hydroxylation is 2. The molecular weight excluding hydrogens is 312 g/mol. The number of amides is 1. The maximum absolute atomic E-state index is 13.0. The van der Waals surface area contributed by atoms with Gasteiger partial charge in [0.25, 0.3) is 0 Å². The van der Waals surface area contributed by atoms with Gasteiger partial charge in [0.05, 0.1) is 4.90 Å². The van der Waals surface area contributed by atoms with Gasteiger partial charge in [-0.2, -0.15) is 4.31 Å². The maximum atomic E-state index is 13.0. The fraction of sp³-hybridized carbons (Fsp3) is 0.588. The fourth-order valence-corrected chi connectivity index (χ4v) is 5.28. The molecular formula is C17H24N2O3S. The zero-order valence-corrected chi connectivity index (χ0v) is 14.6. The van der Waals surface area contributed by atoms with E-state index in [9.17, 15) is 13.2 Å². The van der Waals surface area contributed by atoms with Crippen molar-refractivity contribution in [1.82, 2.24) is 9.21 Å². The Bertz CT molecular complexity index is 713. The summed E-state index contributed by atoms with van der Waals surface area (Å²) in [4.78, 5) is 14.1. The summed E-state index contributed by atoms with van der Waals surface area (Å²) in [6.07, 6.45) is 5.59. The van der Waals surface area contributed by atoms with E-state index in [2.05, 4.69) is 0 Å². The van der Waals surface area contributed by atoms with Gasteiger partial charge >= 0.3 is 0 Å². The lowest BCUT2D eigenvalue weighted by molar-refractivity contribution is -0.132. The van der Waals surface area contributed by atoms with Crippen molar-refractivity contribution in [2.24, 2.45) is 0 Å². The molecule has 0 bridgehead atoms. The normalized spacial score (nSPS) is 21.9. The van der Waals surface area contributed by atoms with Crippen LogP contribution in [0.5, 0.6) is 0 Å². The Morgan fingerprint density at radius 2 is 1.83 bits per heavy atom. The van der Waals surface area contributed by atoms with Crippen LogP contribution in [0.2, 0.25) is 0 Å². The number of carbonyl (C=O) groups excluding carboxylic acids is 1. The van der Waals surface area contributed by atoms with Gasteiger partial charge < -0.3 is 4.90 Å². The minimum absolute atomic E-state index is 0.135. The van der Waals surface area contributed by atoms with E-state index in [0.29, 0.717) is 17.9 Å². The first-order valence-corrected chi connectivity index (χ1v) is 9.70. The van der Waals surface area contributed by atoms with Crippen molar-refractivity contribution in [1.29, 1.82) is 0 Å². The summed E-state index contributed by atoms with van der Waals surface area (Å²) < 4.78 is 27.4. The molecule has 1 fully saturated rings. The van der Waals surface area contributed by atoms with Gasteiger partial charge in [-0.15, -0.1) is 0 Å². The minimum Gasteiger partial charge on any atom is -0.347 e. The van der Waals surface area contributed by atoms with Gasteiger partial charge in [-0.25, -0.2) is 8.42 Å². The molecule has 1 atom stereocenters. The quantitative estimate of drug-likeness (QED) is 0.846. The molecule has 0 aromatic heterocycles. The molecule has 0 saturated carbocycles. The van der Waals surface area contributed by atoms with Crippen molar-refractivity contribution in [2.75, 3.05) is 20.6 Å². The van der Waals surface area contributed by atoms with E-state index in [1.54, 1.807) is 20.2 Å². The number of carbonyl (C=O) groups is 1. The molecule has 0 spiro atoms. The van der Waals surface area contributed by atoms with E-state index in [1.165, 1.54) is 21.2 Å². The maximum Gasteiger partial charge on any atom is 0.243 e. The first-order chi connectivity index (χ1) is 10.9. The number of likely N-dealkylation sites (N-methyl/N-ethyl adjacent to an activating group) is 1. The number of benzene rings is 1. The molecule has 3 rings (SSSR count). The van der Waals surface area contributed by atoms with Gasteiger partial charge in [0, 0.05) is 20.6 Å². The summed E-state index contributed by atoms with van der Waals surface area (Å²) in [5, 5.41) is 0. The Hall–Kier alpha value is -1.40. The largest absolute Gasteiger partial charge is 0.347 e. The molecule has 1 amide bonds. The van der Waals surface area contributed by atoms with Gasteiger partial charge in [-0.3, -0.25) is 4.79 Å². The third-order valence-corrected chi connectivity index (χ3v) is 6.76. The van der Waals surface area contributed by atoms with Gasteiger partial charge in [-0.1, -0.05) is 6.07 Å². The number of nitrogens with zero attached hydrogens (tertiary/aromatic N) is 2. The van der Waals surface area contributed by atoms with Crippen LogP contribution >= 0.6 is 0 Å². The second-order valence-corrected chi connectivity index (χ2v) is 8.53. The van der Waals surface area contributed by atoms with Crippen LogP contribution < -0.4 is 0 Å². The lowest BCUT2D eigenvalue weighted by atomic mass is 9.92. The molecule has 6 heteroatoms. The van der Waals surface area contributed by atoms with Crippen LogP contribution in [-0.2, 0) is 27.7 Å². The number of hydrogen-bond acceptors (Lipinski definition) is 3. The molecule has 1 heterocycles. The monoisotopic (exact) mass is 336 g/mol. The van der Waals surface area contributed by atoms with E-state index in [0.717, 1.165) is 31.2 Å². The third kappa shape index (κ3) is 3.02. The summed E-state index contributed by atoms with van der Waals surface area (Å²) in [5.41, 5.74) is 2.41. The van der Waals surface area contributed by atoms with Crippen LogP contribution in [-0.4, -0.2) is 50.2 Å². The number of rotatable bonds is 3. The fourth-order valence-electron chi connectivity index (χ4n) is 3.58. The molecule has 0 N–H and O–H groups in total. The van der Waals surface area contributed by atoms with Crippen LogP contribution in [0.15, 0.2) is 23.1 Å². The Morgan fingerprint density at radius 3 is 2.52 bits per heavy atom. The second kappa shape index (κ2) is 6.24. The molecule has 1 saturated heterocycles. The van der Waals surface area contributed by atoms with Crippen molar-refractivity contribution >= 4 is 15.9 Å². The molecule has 23 heavy (non-hydrogen) atoms. The highest BCUT2D eigenvalue weighted by atomic mass is 32.2. The smallest absolute Gasteiger partial charge is 0.243 e. The predicted octanol–water partition coefficient (Wildman–Crippen LogP) is 1.81. The minimum atomic E-state index is -3.61. The van der Waals surface area contributed by atoms with Crippen LogP contribution in [0, 0.1) is 0 Å². The van der Waals surface area contributed by atoms with Gasteiger partial charge in [-0.05, 0) is 61.8 Å². The number of hydrogen-bond donors (Lipinski definition) is 0. The van der Waals surface area contributed by atoms with E-state index < -0.39 is 16.1 Å². The lowest BCUT2D eigenvalue weighted by Crippen LogP contribution is -2.45. The van der Waals surface area contributed by atoms with Crippen molar-refractivity contribution in [3.63, 3.8) is 0 Å². The highest BCUT2D eigenvalue weighted by molar-refractivity contribution is 7.89. The molecule has 0 unspecified atom stereocenters. The van der Waals surface area contributed by atoms with Crippen molar-refractivity contribution in [2.45, 2.75) is 49.5 Å². The molecule has 5 nitrogen and oxygen atoms in total. The topological polar surface area (TPSA) is 57.7 Å². The van der Waals surface area contributed by atoms with Crippen molar-refractivity contribution in [3.8, 4) is 0 Å². The second-order valence-electron chi connectivity index (χ2n) is 6.64. The van der Waals surface area contributed by atoms with Crippen LogP contribution in [0.3, 0.4) is 0 Å². The van der Waals surface area contributed by atoms with Crippen LogP contribution in [0.1, 0.15) is 36.8 Å². The Labute approximate surface area is 138 Å². The summed E-state index contributed by atoms with van der Waals surface area (Å²) in [5.74, 6) is -0.135. The summed E-state index contributed by atoms with van der Waals surface area (Å²) >= 11 is 0. The van der Waals surface area contributed by atoms with Crippen molar-refractivity contribution < 1.29 is 13.2 Å². The lowest BCUT2D eigenvalue weighted by Gasteiger charge is -2.26. The average molecular weight is 336 g/mol. The van der Waals surface area contributed by atoms with Crippen molar-refractivity contribution in [3.05, 3.63) is 29.3 Å². The molecule has 2 aliphatic rings. The van der Waals surface area contributed by atoms with Crippen LogP contribution in [0.25, 0.3) is 0 Å². The van der Waals surface area contributed by atoms with E-state index in [1.807, 2.05) is 12.1 Å². The summed E-state index contributed by atoms with van der Waals surface area (Å²) in [6, 6.07) is 4.90. The van der Waals surface area contributed by atoms with Gasteiger partial charge in [0.1, 0.15) is 6.04 Å². The van der Waals surface area contributed by atoms with E-state index in [-0.39, 0.29) is 5.91 Å². The predicted molar refractivity (Wildman–Crippen MR) is 88.7 cm³/mol. The highest BCUT2D eigenvalue weighted by Gasteiger charge is 2.40. The van der Waals surface area contributed by atoms with Gasteiger partial charge in [0.2, 0.25) is 15.9 Å². The van der Waals surface area contributed by atoms with E-state index >= 15 is 0 Å². The molecule has 1 aromatic rings. The zero-order valence-electron chi connectivity index (χ0n) is 13.8. The molecule has 1 aliphatic carbocycles. The third-order valence-electron chi connectivity index (χ3n) is 4.86. The summed E-state index contributed by atoms with van der Waals surface area (Å²) in [6.45, 7) is 0.420. The Balaban J connectivity index is 1.93. The number of fused-ring (bicyclic) bond motifs is 1. The van der Waals surface area contributed by atoms with Crippen LogP contribution in [0.4, 0.5) is 0 Å². The number of sulfonamides is 1. The Kier molecular flexibility index (Phi) is 4.47. The van der Waals surface area contributed by atoms with Gasteiger partial charge in [0.15, 0.2) is 0 Å². The molecule has 1 aromatic carbocycles. The molecule has 0 radical (unpaired) electrons. The highest BCUT2D eigenvalue weighted by Crippen LogP contribution is 2.30. The van der Waals surface area contributed by atoms with E-state index in [4.69, 9.17) is 0 Å². The average Bonchev–Trinajstić information content (AvgIpc) is 3.03. The Morgan fingerprint density at radius 1 is 1.13 bits per heavy atom.